The standard InChI is InChI=1S/C7H12ClN/c1-5(2)4-7(8)6(3)9/h4-5H,3,9H2,1-2H3/b7-4+. The predicted octanol–water partition coefficient (Wildman–Crippen LogP) is 2.24. The van der Waals surface area contributed by atoms with Gasteiger partial charge in [0.2, 0.25) is 0 Å². The largest absolute Gasteiger partial charge is 0.398 e. The number of allylic oxidation sites excluding steroid dienone is 2. The second-order valence-electron chi connectivity index (χ2n) is 2.28. The molecular formula is C7H12ClN. The Morgan fingerprint density at radius 3 is 2.22 bits per heavy atom. The van der Waals surface area contributed by atoms with Gasteiger partial charge in [0.05, 0.1) is 5.03 Å². The first kappa shape index (κ1) is 8.57. The third-order valence-corrected chi connectivity index (χ3v) is 1.16. The van der Waals surface area contributed by atoms with Crippen LogP contribution in [0.5, 0.6) is 0 Å². The third kappa shape index (κ3) is 4.10. The lowest BCUT2D eigenvalue weighted by Gasteiger charge is -1.98. The Bertz CT molecular complexity index is 136. The maximum Gasteiger partial charge on any atom is 0.0592 e. The van der Waals surface area contributed by atoms with Crippen molar-refractivity contribution in [3.63, 3.8) is 0 Å². The van der Waals surface area contributed by atoms with Gasteiger partial charge in [0, 0.05) is 5.70 Å². The summed E-state index contributed by atoms with van der Waals surface area (Å²) in [6, 6.07) is 0. The lowest BCUT2D eigenvalue weighted by molar-refractivity contribution is 0.828. The number of hydrogen-bond donors (Lipinski definition) is 1. The summed E-state index contributed by atoms with van der Waals surface area (Å²) in [6.07, 6.45) is 1.86. The molecule has 0 saturated carbocycles. The van der Waals surface area contributed by atoms with Crippen molar-refractivity contribution in [2.75, 3.05) is 0 Å². The van der Waals surface area contributed by atoms with Crippen LogP contribution in [0.2, 0.25) is 0 Å². The molecule has 2 N–H and O–H groups in total. The number of hydrogen-bond acceptors (Lipinski definition) is 1. The Balaban J connectivity index is 4.00. The smallest absolute Gasteiger partial charge is 0.0592 e. The van der Waals surface area contributed by atoms with E-state index < -0.39 is 0 Å². The molecule has 1 nitrogen and oxygen atoms in total. The highest BCUT2D eigenvalue weighted by Crippen LogP contribution is 2.10. The van der Waals surface area contributed by atoms with Crippen molar-refractivity contribution in [1.29, 1.82) is 0 Å². The quantitative estimate of drug-likeness (QED) is 0.593. The zero-order valence-electron chi connectivity index (χ0n) is 5.82. The molecule has 0 saturated heterocycles. The minimum atomic E-state index is 0.429. The van der Waals surface area contributed by atoms with Gasteiger partial charge in [-0.3, -0.25) is 0 Å². The van der Waals surface area contributed by atoms with Crippen molar-refractivity contribution in [3.8, 4) is 0 Å². The second-order valence-corrected chi connectivity index (χ2v) is 2.69. The van der Waals surface area contributed by atoms with Crippen LogP contribution >= 0.6 is 11.6 Å². The minimum absolute atomic E-state index is 0.429. The third-order valence-electron chi connectivity index (χ3n) is 0.786. The van der Waals surface area contributed by atoms with Gasteiger partial charge in [-0.05, 0) is 5.92 Å². The van der Waals surface area contributed by atoms with Crippen molar-refractivity contribution in [2.45, 2.75) is 13.8 Å². The fraction of sp³-hybridized carbons (Fsp3) is 0.429. The molecular weight excluding hydrogens is 134 g/mol. The topological polar surface area (TPSA) is 26.0 Å². The zero-order chi connectivity index (χ0) is 7.44. The Morgan fingerprint density at radius 2 is 2.11 bits per heavy atom. The average Bonchev–Trinajstić information content (AvgIpc) is 1.63. The van der Waals surface area contributed by atoms with Crippen molar-refractivity contribution in [2.24, 2.45) is 11.7 Å². The van der Waals surface area contributed by atoms with E-state index >= 15 is 0 Å². The van der Waals surface area contributed by atoms with Crippen LogP contribution in [0.4, 0.5) is 0 Å². The Kier molecular flexibility index (Phi) is 3.40. The Hall–Kier alpha value is -0.430. The van der Waals surface area contributed by atoms with Gasteiger partial charge in [0.25, 0.3) is 0 Å². The number of rotatable bonds is 2. The lowest BCUT2D eigenvalue weighted by atomic mass is 10.2. The molecule has 0 heterocycles. The lowest BCUT2D eigenvalue weighted by Crippen LogP contribution is -1.95. The van der Waals surface area contributed by atoms with E-state index in [0.29, 0.717) is 16.6 Å². The van der Waals surface area contributed by atoms with E-state index in [9.17, 15) is 0 Å². The van der Waals surface area contributed by atoms with Crippen LogP contribution in [-0.2, 0) is 0 Å². The van der Waals surface area contributed by atoms with E-state index in [2.05, 4.69) is 6.58 Å². The van der Waals surface area contributed by atoms with Crippen LogP contribution in [0.3, 0.4) is 0 Å². The molecule has 0 amide bonds. The molecule has 0 aliphatic heterocycles. The van der Waals surface area contributed by atoms with Gasteiger partial charge in [0.15, 0.2) is 0 Å². The van der Waals surface area contributed by atoms with E-state index in [1.807, 2.05) is 19.9 Å². The summed E-state index contributed by atoms with van der Waals surface area (Å²) in [5, 5.41) is 0.560. The molecule has 0 aromatic heterocycles. The molecule has 0 bridgehead atoms. The molecule has 0 rings (SSSR count). The Labute approximate surface area is 61.2 Å². The molecule has 52 valence electrons. The van der Waals surface area contributed by atoms with Crippen LogP contribution in [0.25, 0.3) is 0 Å². The summed E-state index contributed by atoms with van der Waals surface area (Å²) < 4.78 is 0. The first-order valence-electron chi connectivity index (χ1n) is 2.86. The fourth-order valence-electron chi connectivity index (χ4n) is 0.400. The van der Waals surface area contributed by atoms with Gasteiger partial charge in [0.1, 0.15) is 0 Å². The van der Waals surface area contributed by atoms with Crippen LogP contribution in [0.15, 0.2) is 23.4 Å². The van der Waals surface area contributed by atoms with Crippen molar-refractivity contribution in [3.05, 3.63) is 23.4 Å². The van der Waals surface area contributed by atoms with Gasteiger partial charge in [-0.1, -0.05) is 38.1 Å². The van der Waals surface area contributed by atoms with Crippen LogP contribution < -0.4 is 5.73 Å². The van der Waals surface area contributed by atoms with Crippen molar-refractivity contribution < 1.29 is 0 Å². The van der Waals surface area contributed by atoms with E-state index in [-0.39, 0.29) is 0 Å². The molecule has 0 aliphatic carbocycles. The zero-order valence-corrected chi connectivity index (χ0v) is 6.57. The summed E-state index contributed by atoms with van der Waals surface area (Å²) >= 11 is 5.65. The number of halogens is 1. The maximum absolute atomic E-state index is 5.65. The molecule has 0 fully saturated rings. The summed E-state index contributed by atoms with van der Waals surface area (Å²) in [4.78, 5) is 0. The molecule has 0 unspecified atom stereocenters. The summed E-state index contributed by atoms with van der Waals surface area (Å²) in [7, 11) is 0. The van der Waals surface area contributed by atoms with Crippen LogP contribution in [0.1, 0.15) is 13.8 Å². The first-order chi connectivity index (χ1) is 4.04. The van der Waals surface area contributed by atoms with Gasteiger partial charge in [-0.25, -0.2) is 0 Å². The highest BCUT2D eigenvalue weighted by molar-refractivity contribution is 6.31. The molecule has 0 aliphatic rings. The highest BCUT2D eigenvalue weighted by Gasteiger charge is 1.93. The summed E-state index contributed by atoms with van der Waals surface area (Å²) in [6.45, 7) is 7.55. The van der Waals surface area contributed by atoms with E-state index in [1.54, 1.807) is 0 Å². The second kappa shape index (κ2) is 3.57. The van der Waals surface area contributed by atoms with E-state index in [0.717, 1.165) is 0 Å². The number of nitrogens with two attached hydrogens (primary N) is 1. The fourth-order valence-corrected chi connectivity index (χ4v) is 0.652. The molecule has 0 spiro atoms. The van der Waals surface area contributed by atoms with Gasteiger partial charge in [-0.15, -0.1) is 0 Å². The Morgan fingerprint density at radius 1 is 1.67 bits per heavy atom. The van der Waals surface area contributed by atoms with Crippen LogP contribution in [0, 0.1) is 5.92 Å². The SMILES string of the molecule is C=C(N)/C(Cl)=C\C(C)C. The molecule has 0 aromatic rings. The van der Waals surface area contributed by atoms with E-state index in [1.165, 1.54) is 0 Å². The molecule has 0 radical (unpaired) electrons. The summed E-state index contributed by atoms with van der Waals surface area (Å²) in [5.74, 6) is 0.429. The molecule has 0 atom stereocenters. The highest BCUT2D eigenvalue weighted by atomic mass is 35.5. The van der Waals surface area contributed by atoms with Gasteiger partial charge in [-0.2, -0.15) is 0 Å². The van der Waals surface area contributed by atoms with E-state index in [4.69, 9.17) is 17.3 Å². The molecule has 2 heteroatoms. The predicted molar refractivity (Wildman–Crippen MR) is 42.1 cm³/mol. The summed E-state index contributed by atoms with van der Waals surface area (Å²) in [5.41, 5.74) is 5.73. The first-order valence-corrected chi connectivity index (χ1v) is 3.24. The normalized spacial score (nSPS) is 12.2. The van der Waals surface area contributed by atoms with Gasteiger partial charge < -0.3 is 5.73 Å². The van der Waals surface area contributed by atoms with Crippen LogP contribution in [-0.4, -0.2) is 0 Å². The van der Waals surface area contributed by atoms with Gasteiger partial charge >= 0.3 is 0 Å². The molecule has 9 heavy (non-hydrogen) atoms. The molecule has 0 aromatic carbocycles. The van der Waals surface area contributed by atoms with Crippen molar-refractivity contribution in [1.82, 2.24) is 0 Å². The van der Waals surface area contributed by atoms with Crippen molar-refractivity contribution >= 4 is 11.6 Å². The maximum atomic E-state index is 5.65. The monoisotopic (exact) mass is 145 g/mol. The minimum Gasteiger partial charge on any atom is -0.398 e. The average molecular weight is 146 g/mol.